The molecule has 2 atom stereocenters. The molecule has 0 radical (unpaired) electrons. The molecule has 0 aliphatic rings. The molecule has 4 nitrogen and oxygen atoms in total. The lowest BCUT2D eigenvalue weighted by molar-refractivity contribution is -0.123. The van der Waals surface area contributed by atoms with Crippen molar-refractivity contribution < 1.29 is 9.53 Å². The lowest BCUT2D eigenvalue weighted by Gasteiger charge is -2.20. The van der Waals surface area contributed by atoms with Crippen LogP contribution in [0.4, 0.5) is 0 Å². The second kappa shape index (κ2) is 8.30. The second-order valence-corrected chi connectivity index (χ2v) is 5.36. The lowest BCUT2D eigenvalue weighted by atomic mass is 10.1. The maximum atomic E-state index is 11.8. The van der Waals surface area contributed by atoms with E-state index in [2.05, 4.69) is 26.6 Å². The fourth-order valence-corrected chi connectivity index (χ4v) is 2.17. The van der Waals surface area contributed by atoms with Gasteiger partial charge in [-0.25, -0.2) is 0 Å². The largest absolute Gasteiger partial charge is 0.383 e. The van der Waals surface area contributed by atoms with Gasteiger partial charge >= 0.3 is 0 Å². The van der Waals surface area contributed by atoms with Crippen molar-refractivity contribution in [3.63, 3.8) is 0 Å². The summed E-state index contributed by atoms with van der Waals surface area (Å²) in [6.45, 7) is 4.96. The summed E-state index contributed by atoms with van der Waals surface area (Å²) in [4.78, 5) is 11.8. The molecule has 1 rings (SSSR count). The Morgan fingerprint density at radius 2 is 2.16 bits per heavy atom. The molecule has 1 aromatic rings. The van der Waals surface area contributed by atoms with Crippen molar-refractivity contribution in [1.29, 1.82) is 0 Å². The van der Waals surface area contributed by atoms with E-state index in [4.69, 9.17) is 4.74 Å². The summed E-state index contributed by atoms with van der Waals surface area (Å²) in [5, 5.41) is 6.09. The minimum Gasteiger partial charge on any atom is -0.383 e. The van der Waals surface area contributed by atoms with Gasteiger partial charge in [0.15, 0.2) is 0 Å². The first-order valence-electron chi connectivity index (χ1n) is 6.32. The highest BCUT2D eigenvalue weighted by atomic mass is 79.9. The van der Waals surface area contributed by atoms with Crippen molar-refractivity contribution >= 4 is 21.8 Å². The zero-order chi connectivity index (χ0) is 14.3. The Labute approximate surface area is 123 Å². The van der Waals surface area contributed by atoms with Gasteiger partial charge in [-0.2, -0.15) is 0 Å². The highest BCUT2D eigenvalue weighted by Gasteiger charge is 2.15. The topological polar surface area (TPSA) is 50.4 Å². The molecular weight excluding hydrogens is 308 g/mol. The van der Waals surface area contributed by atoms with Crippen LogP contribution >= 0.6 is 15.9 Å². The molecule has 19 heavy (non-hydrogen) atoms. The van der Waals surface area contributed by atoms with E-state index < -0.39 is 0 Å². The van der Waals surface area contributed by atoms with Gasteiger partial charge in [0, 0.05) is 24.2 Å². The molecule has 5 heteroatoms. The van der Waals surface area contributed by atoms with E-state index in [9.17, 15) is 4.79 Å². The van der Waals surface area contributed by atoms with Crippen LogP contribution in [0.3, 0.4) is 0 Å². The van der Waals surface area contributed by atoms with Gasteiger partial charge < -0.3 is 10.1 Å². The number of carbonyl (C=O) groups excluding carboxylic acids is 1. The third kappa shape index (κ3) is 5.72. The third-order valence-corrected chi connectivity index (χ3v) is 3.34. The van der Waals surface area contributed by atoms with Crippen LogP contribution < -0.4 is 10.6 Å². The number of carbonyl (C=O) groups is 1. The normalized spacial score (nSPS) is 13.9. The van der Waals surface area contributed by atoms with E-state index in [0.717, 1.165) is 10.0 Å². The van der Waals surface area contributed by atoms with Gasteiger partial charge in [0.25, 0.3) is 0 Å². The van der Waals surface area contributed by atoms with Crippen LogP contribution in [0, 0.1) is 0 Å². The Balaban J connectivity index is 2.47. The Kier molecular flexibility index (Phi) is 7.05. The molecular formula is C14H21BrN2O2. The van der Waals surface area contributed by atoms with Crippen molar-refractivity contribution in [2.45, 2.75) is 25.9 Å². The molecule has 0 heterocycles. The van der Waals surface area contributed by atoms with Gasteiger partial charge in [0.2, 0.25) is 5.91 Å². The molecule has 0 saturated heterocycles. The third-order valence-electron chi connectivity index (χ3n) is 2.85. The average Bonchev–Trinajstić information content (AvgIpc) is 2.38. The van der Waals surface area contributed by atoms with Crippen LogP contribution in [0.25, 0.3) is 0 Å². The van der Waals surface area contributed by atoms with Crippen LogP contribution in [0.5, 0.6) is 0 Å². The number of methoxy groups -OCH3 is 1. The van der Waals surface area contributed by atoms with E-state index in [0.29, 0.717) is 13.2 Å². The fourth-order valence-electron chi connectivity index (χ4n) is 1.75. The van der Waals surface area contributed by atoms with Gasteiger partial charge in [-0.1, -0.05) is 28.1 Å². The SMILES string of the molecule is COCCNC(=O)C(C)NC(C)c1cccc(Br)c1. The van der Waals surface area contributed by atoms with Crippen molar-refractivity contribution in [2.75, 3.05) is 20.3 Å². The number of hydrogen-bond acceptors (Lipinski definition) is 3. The summed E-state index contributed by atoms with van der Waals surface area (Å²) < 4.78 is 5.93. The van der Waals surface area contributed by atoms with E-state index in [1.165, 1.54) is 0 Å². The predicted octanol–water partition coefficient (Wildman–Crippen LogP) is 2.25. The molecule has 0 fully saturated rings. The van der Waals surface area contributed by atoms with Crippen molar-refractivity contribution in [3.8, 4) is 0 Å². The van der Waals surface area contributed by atoms with E-state index in [1.807, 2.05) is 38.1 Å². The Hall–Kier alpha value is -0.910. The minimum absolute atomic E-state index is 0.0149. The fraction of sp³-hybridized carbons (Fsp3) is 0.500. The lowest BCUT2D eigenvalue weighted by Crippen LogP contribution is -2.44. The molecule has 0 saturated carbocycles. The van der Waals surface area contributed by atoms with E-state index >= 15 is 0 Å². The smallest absolute Gasteiger partial charge is 0.236 e. The molecule has 1 amide bonds. The Morgan fingerprint density at radius 3 is 2.79 bits per heavy atom. The predicted molar refractivity (Wildman–Crippen MR) is 80.0 cm³/mol. The van der Waals surface area contributed by atoms with Crippen molar-refractivity contribution in [2.24, 2.45) is 0 Å². The van der Waals surface area contributed by atoms with Gasteiger partial charge in [0.05, 0.1) is 12.6 Å². The van der Waals surface area contributed by atoms with Crippen LogP contribution in [0.1, 0.15) is 25.5 Å². The van der Waals surface area contributed by atoms with Crippen molar-refractivity contribution in [3.05, 3.63) is 34.3 Å². The molecule has 106 valence electrons. The van der Waals surface area contributed by atoms with Crippen molar-refractivity contribution in [1.82, 2.24) is 10.6 Å². The highest BCUT2D eigenvalue weighted by molar-refractivity contribution is 9.10. The summed E-state index contributed by atoms with van der Waals surface area (Å²) in [6.07, 6.45) is 0. The zero-order valence-corrected chi connectivity index (χ0v) is 13.2. The molecule has 0 aliphatic heterocycles. The quantitative estimate of drug-likeness (QED) is 0.755. The standard InChI is InChI=1S/C14H21BrN2O2/c1-10(12-5-4-6-13(15)9-12)17-11(2)14(18)16-7-8-19-3/h4-6,9-11,17H,7-8H2,1-3H3,(H,16,18). The number of halogens is 1. The molecule has 2 N–H and O–H groups in total. The number of hydrogen-bond donors (Lipinski definition) is 2. The average molecular weight is 329 g/mol. The minimum atomic E-state index is -0.245. The second-order valence-electron chi connectivity index (χ2n) is 4.45. The molecule has 0 aromatic heterocycles. The Morgan fingerprint density at radius 1 is 1.42 bits per heavy atom. The molecule has 1 aromatic carbocycles. The highest BCUT2D eigenvalue weighted by Crippen LogP contribution is 2.18. The van der Waals surface area contributed by atoms with Gasteiger partial charge in [-0.05, 0) is 31.5 Å². The molecule has 0 bridgehead atoms. The first-order chi connectivity index (χ1) is 9.04. The van der Waals surface area contributed by atoms with Crippen LogP contribution in [-0.4, -0.2) is 32.2 Å². The van der Waals surface area contributed by atoms with E-state index in [1.54, 1.807) is 7.11 Å². The summed E-state index contributed by atoms with van der Waals surface area (Å²) in [6, 6.07) is 7.93. The summed E-state index contributed by atoms with van der Waals surface area (Å²) in [7, 11) is 1.61. The maximum Gasteiger partial charge on any atom is 0.236 e. The monoisotopic (exact) mass is 328 g/mol. The number of ether oxygens (including phenoxy) is 1. The summed E-state index contributed by atoms with van der Waals surface area (Å²) >= 11 is 3.45. The summed E-state index contributed by atoms with van der Waals surface area (Å²) in [5.41, 5.74) is 1.14. The molecule has 0 aliphatic carbocycles. The van der Waals surface area contributed by atoms with E-state index in [-0.39, 0.29) is 18.0 Å². The van der Waals surface area contributed by atoms with Gasteiger partial charge in [-0.3, -0.25) is 10.1 Å². The number of benzene rings is 1. The first-order valence-corrected chi connectivity index (χ1v) is 7.12. The molecule has 2 unspecified atom stereocenters. The Bertz CT molecular complexity index is 412. The van der Waals surface area contributed by atoms with Gasteiger partial charge in [0.1, 0.15) is 0 Å². The first kappa shape index (κ1) is 16.1. The summed E-state index contributed by atoms with van der Waals surface area (Å²) in [5.74, 6) is -0.0149. The van der Waals surface area contributed by atoms with Crippen LogP contribution in [0.15, 0.2) is 28.7 Å². The molecule has 0 spiro atoms. The number of rotatable bonds is 7. The number of nitrogens with one attached hydrogen (secondary N) is 2. The van der Waals surface area contributed by atoms with Crippen LogP contribution in [0.2, 0.25) is 0 Å². The van der Waals surface area contributed by atoms with Crippen LogP contribution in [-0.2, 0) is 9.53 Å². The van der Waals surface area contributed by atoms with Gasteiger partial charge in [-0.15, -0.1) is 0 Å². The maximum absolute atomic E-state index is 11.8. The zero-order valence-electron chi connectivity index (χ0n) is 11.6. The number of amides is 1.